The molecule has 1 N–H and O–H groups in total. The molecule has 0 radical (unpaired) electrons. The number of hydrogen-bond donors (Lipinski definition) is 1. The van der Waals surface area contributed by atoms with Crippen molar-refractivity contribution in [3.05, 3.63) is 0 Å². The molecular formula is C11H21NO2. The Bertz CT molecular complexity index is 190. The summed E-state index contributed by atoms with van der Waals surface area (Å²) < 4.78 is 5.24. The highest BCUT2D eigenvalue weighted by Crippen LogP contribution is 2.16. The van der Waals surface area contributed by atoms with Crippen molar-refractivity contribution in [1.29, 1.82) is 0 Å². The summed E-state index contributed by atoms with van der Waals surface area (Å²) in [6, 6.07) is 0. The smallest absolute Gasteiger partial charge is 0.306 e. The molecule has 0 aromatic heterocycles. The molecule has 1 rings (SSSR count). The van der Waals surface area contributed by atoms with E-state index in [9.17, 15) is 4.79 Å². The number of esters is 1. The number of rotatable bonds is 3. The summed E-state index contributed by atoms with van der Waals surface area (Å²) in [5, 5.41) is 3.29. The summed E-state index contributed by atoms with van der Waals surface area (Å²) in [4.78, 5) is 11.4. The minimum absolute atomic E-state index is 0.0654. The van der Waals surface area contributed by atoms with Gasteiger partial charge in [-0.3, -0.25) is 4.79 Å². The lowest BCUT2D eigenvalue weighted by Crippen LogP contribution is -2.24. The van der Waals surface area contributed by atoms with E-state index in [2.05, 4.69) is 5.32 Å². The maximum absolute atomic E-state index is 11.4. The van der Waals surface area contributed by atoms with Crippen LogP contribution in [0.4, 0.5) is 0 Å². The van der Waals surface area contributed by atoms with E-state index in [0.717, 1.165) is 19.5 Å². The minimum atomic E-state index is -0.342. The first kappa shape index (κ1) is 11.5. The average molecular weight is 199 g/mol. The van der Waals surface area contributed by atoms with Crippen LogP contribution in [0.15, 0.2) is 0 Å². The summed E-state index contributed by atoms with van der Waals surface area (Å²) in [7, 11) is 0. The van der Waals surface area contributed by atoms with E-state index in [0.29, 0.717) is 12.3 Å². The van der Waals surface area contributed by atoms with Gasteiger partial charge in [-0.1, -0.05) is 0 Å². The fourth-order valence-corrected chi connectivity index (χ4v) is 1.68. The maximum Gasteiger partial charge on any atom is 0.306 e. The van der Waals surface area contributed by atoms with Gasteiger partial charge in [0.1, 0.15) is 5.60 Å². The summed E-state index contributed by atoms with van der Waals surface area (Å²) >= 11 is 0. The number of carbonyl (C=O) groups excluding carboxylic acids is 1. The SMILES string of the molecule is CC(C)(C)OC(=O)CCC1CCNC1. The highest BCUT2D eigenvalue weighted by molar-refractivity contribution is 5.69. The van der Waals surface area contributed by atoms with Crippen LogP contribution in [0.5, 0.6) is 0 Å². The molecule has 0 spiro atoms. The standard InChI is InChI=1S/C11H21NO2/c1-11(2,3)14-10(13)5-4-9-6-7-12-8-9/h9,12H,4-8H2,1-3H3. The molecule has 1 aliphatic heterocycles. The van der Waals surface area contributed by atoms with Gasteiger partial charge < -0.3 is 10.1 Å². The third kappa shape index (κ3) is 4.61. The molecule has 3 heteroatoms. The molecule has 1 atom stereocenters. The average Bonchev–Trinajstić information content (AvgIpc) is 2.49. The lowest BCUT2D eigenvalue weighted by atomic mass is 10.0. The van der Waals surface area contributed by atoms with Crippen LogP contribution < -0.4 is 5.32 Å². The Morgan fingerprint density at radius 2 is 2.21 bits per heavy atom. The summed E-state index contributed by atoms with van der Waals surface area (Å²) in [5.41, 5.74) is -0.342. The van der Waals surface area contributed by atoms with Gasteiger partial charge >= 0.3 is 5.97 Å². The highest BCUT2D eigenvalue weighted by Gasteiger charge is 2.19. The third-order valence-corrected chi connectivity index (χ3v) is 2.34. The lowest BCUT2D eigenvalue weighted by Gasteiger charge is -2.19. The molecule has 0 aromatic carbocycles. The maximum atomic E-state index is 11.4. The van der Waals surface area contributed by atoms with E-state index in [1.54, 1.807) is 0 Å². The van der Waals surface area contributed by atoms with Crippen LogP contribution in [-0.2, 0) is 9.53 Å². The van der Waals surface area contributed by atoms with E-state index >= 15 is 0 Å². The van der Waals surface area contributed by atoms with Gasteiger partial charge in [-0.15, -0.1) is 0 Å². The number of ether oxygens (including phenoxy) is 1. The Morgan fingerprint density at radius 1 is 1.50 bits per heavy atom. The van der Waals surface area contributed by atoms with Gasteiger partial charge in [0, 0.05) is 6.42 Å². The van der Waals surface area contributed by atoms with Gasteiger partial charge in [0.2, 0.25) is 0 Å². The second-order valence-corrected chi connectivity index (χ2v) is 4.98. The van der Waals surface area contributed by atoms with Crippen molar-refractivity contribution in [3.63, 3.8) is 0 Å². The summed E-state index contributed by atoms with van der Waals surface area (Å²) in [6.07, 6.45) is 2.72. The largest absolute Gasteiger partial charge is 0.460 e. The topological polar surface area (TPSA) is 38.3 Å². The predicted octanol–water partition coefficient (Wildman–Crippen LogP) is 1.72. The molecule has 3 nitrogen and oxygen atoms in total. The van der Waals surface area contributed by atoms with E-state index in [1.165, 1.54) is 6.42 Å². The molecule has 0 bridgehead atoms. The van der Waals surface area contributed by atoms with Crippen molar-refractivity contribution in [3.8, 4) is 0 Å². The molecule has 1 aliphatic rings. The van der Waals surface area contributed by atoms with Gasteiger partial charge in [-0.05, 0) is 52.6 Å². The normalized spacial score (nSPS) is 22.4. The highest BCUT2D eigenvalue weighted by atomic mass is 16.6. The van der Waals surface area contributed by atoms with Crippen LogP contribution in [-0.4, -0.2) is 24.7 Å². The molecule has 14 heavy (non-hydrogen) atoms. The van der Waals surface area contributed by atoms with Crippen molar-refractivity contribution < 1.29 is 9.53 Å². The Balaban J connectivity index is 2.14. The Kier molecular flexibility index (Phi) is 3.93. The molecule has 0 aliphatic carbocycles. The molecule has 1 unspecified atom stereocenters. The first-order chi connectivity index (χ1) is 6.47. The van der Waals surface area contributed by atoms with Crippen LogP contribution in [0.3, 0.4) is 0 Å². The van der Waals surface area contributed by atoms with Gasteiger partial charge in [-0.25, -0.2) is 0 Å². The van der Waals surface area contributed by atoms with Gasteiger partial charge in [0.05, 0.1) is 0 Å². The number of carbonyl (C=O) groups is 1. The van der Waals surface area contributed by atoms with Gasteiger partial charge in [0.15, 0.2) is 0 Å². The number of hydrogen-bond acceptors (Lipinski definition) is 3. The van der Waals surface area contributed by atoms with Crippen molar-refractivity contribution in [2.45, 2.75) is 45.6 Å². The van der Waals surface area contributed by atoms with Crippen LogP contribution in [0.2, 0.25) is 0 Å². The molecule has 1 saturated heterocycles. The summed E-state index contributed by atoms with van der Waals surface area (Å²) in [6.45, 7) is 7.87. The zero-order chi connectivity index (χ0) is 10.6. The van der Waals surface area contributed by atoms with Crippen molar-refractivity contribution >= 4 is 5.97 Å². The molecular weight excluding hydrogens is 178 g/mol. The van der Waals surface area contributed by atoms with Crippen LogP contribution in [0.25, 0.3) is 0 Å². The van der Waals surface area contributed by atoms with Crippen LogP contribution in [0, 0.1) is 5.92 Å². The molecule has 0 amide bonds. The first-order valence-electron chi connectivity index (χ1n) is 5.40. The lowest BCUT2D eigenvalue weighted by molar-refractivity contribution is -0.155. The minimum Gasteiger partial charge on any atom is -0.460 e. The molecule has 82 valence electrons. The number of nitrogens with one attached hydrogen (secondary N) is 1. The van der Waals surface area contributed by atoms with Crippen molar-refractivity contribution in [2.75, 3.05) is 13.1 Å². The fourth-order valence-electron chi connectivity index (χ4n) is 1.68. The predicted molar refractivity (Wildman–Crippen MR) is 56.1 cm³/mol. The summed E-state index contributed by atoms with van der Waals surface area (Å²) in [5.74, 6) is 0.604. The monoisotopic (exact) mass is 199 g/mol. The Hall–Kier alpha value is -0.570. The second-order valence-electron chi connectivity index (χ2n) is 4.98. The third-order valence-electron chi connectivity index (χ3n) is 2.34. The molecule has 1 heterocycles. The van der Waals surface area contributed by atoms with Gasteiger partial charge in [0.25, 0.3) is 0 Å². The fraction of sp³-hybridized carbons (Fsp3) is 0.909. The molecule has 0 aromatic rings. The Morgan fingerprint density at radius 3 is 2.71 bits per heavy atom. The zero-order valence-corrected chi connectivity index (χ0v) is 9.43. The Labute approximate surface area is 86.2 Å². The zero-order valence-electron chi connectivity index (χ0n) is 9.43. The van der Waals surface area contributed by atoms with Gasteiger partial charge in [-0.2, -0.15) is 0 Å². The van der Waals surface area contributed by atoms with Crippen LogP contribution >= 0.6 is 0 Å². The first-order valence-corrected chi connectivity index (χ1v) is 5.40. The van der Waals surface area contributed by atoms with E-state index in [1.807, 2.05) is 20.8 Å². The quantitative estimate of drug-likeness (QED) is 0.703. The van der Waals surface area contributed by atoms with Crippen LogP contribution in [0.1, 0.15) is 40.0 Å². The van der Waals surface area contributed by atoms with E-state index < -0.39 is 0 Å². The van der Waals surface area contributed by atoms with Crippen molar-refractivity contribution in [1.82, 2.24) is 5.32 Å². The van der Waals surface area contributed by atoms with E-state index in [-0.39, 0.29) is 11.6 Å². The van der Waals surface area contributed by atoms with Crippen molar-refractivity contribution in [2.24, 2.45) is 5.92 Å². The molecule has 1 fully saturated rings. The van der Waals surface area contributed by atoms with E-state index in [4.69, 9.17) is 4.74 Å². The molecule has 0 saturated carbocycles. The second kappa shape index (κ2) is 4.78.